The molecule has 1 atom stereocenters. The summed E-state index contributed by atoms with van der Waals surface area (Å²) in [5.74, 6) is -0.190. The number of carbonyl (C=O) groups is 2. The first kappa shape index (κ1) is 13.7. The van der Waals surface area contributed by atoms with Gasteiger partial charge in [0.2, 0.25) is 5.91 Å². The fourth-order valence-electron chi connectivity index (χ4n) is 3.51. The lowest BCUT2D eigenvalue weighted by Crippen LogP contribution is -2.38. The van der Waals surface area contributed by atoms with Crippen molar-refractivity contribution < 1.29 is 9.59 Å². The molecule has 3 N–H and O–H groups in total. The lowest BCUT2D eigenvalue weighted by Gasteiger charge is -2.23. The molecule has 0 aliphatic carbocycles. The summed E-state index contributed by atoms with van der Waals surface area (Å²) in [6.45, 7) is 1.07. The monoisotopic (exact) mass is 309 g/mol. The third kappa shape index (κ3) is 1.89. The zero-order chi connectivity index (χ0) is 16.0. The quantitative estimate of drug-likeness (QED) is 0.849. The molecule has 1 spiro atoms. The zero-order valence-corrected chi connectivity index (χ0v) is 12.3. The van der Waals surface area contributed by atoms with Crippen LogP contribution in [0.1, 0.15) is 22.5 Å². The van der Waals surface area contributed by atoms with Crippen LogP contribution in [0.2, 0.25) is 0 Å². The molecule has 2 aliphatic heterocycles. The molecule has 1 aromatic carbocycles. The molecule has 1 unspecified atom stereocenters. The Morgan fingerprint density at radius 2 is 2.04 bits per heavy atom. The number of hydrogen-bond acceptors (Lipinski definition) is 5. The van der Waals surface area contributed by atoms with Gasteiger partial charge in [-0.3, -0.25) is 9.59 Å². The highest BCUT2D eigenvalue weighted by Gasteiger charge is 2.51. The van der Waals surface area contributed by atoms with Crippen LogP contribution in [0.4, 0.5) is 11.5 Å². The Bertz CT molecular complexity index is 822. The van der Waals surface area contributed by atoms with Crippen LogP contribution >= 0.6 is 0 Å². The third-order valence-corrected chi connectivity index (χ3v) is 4.61. The number of nitrogens with zero attached hydrogens (tertiary/aromatic N) is 3. The van der Waals surface area contributed by atoms with E-state index in [1.807, 2.05) is 29.2 Å². The number of nitrogens with two attached hydrogens (primary N) is 1. The van der Waals surface area contributed by atoms with Gasteiger partial charge in [-0.1, -0.05) is 18.2 Å². The van der Waals surface area contributed by atoms with Gasteiger partial charge in [-0.25, -0.2) is 9.97 Å². The van der Waals surface area contributed by atoms with Gasteiger partial charge in [0, 0.05) is 31.2 Å². The maximum atomic E-state index is 12.6. The molecule has 3 heterocycles. The topological polar surface area (TPSA) is 101 Å². The smallest absolute Gasteiger partial charge is 0.271 e. The number of benzene rings is 1. The molecule has 2 aliphatic rings. The summed E-state index contributed by atoms with van der Waals surface area (Å²) in [6.07, 6.45) is 3.62. The number of fused-ring (bicyclic) bond motifs is 2. The van der Waals surface area contributed by atoms with Crippen LogP contribution in [0.15, 0.2) is 36.7 Å². The number of hydrogen-bond donors (Lipinski definition) is 2. The average molecular weight is 309 g/mol. The summed E-state index contributed by atoms with van der Waals surface area (Å²) in [5, 5.41) is 2.95. The lowest BCUT2D eigenvalue weighted by atomic mass is 9.81. The maximum absolute atomic E-state index is 12.6. The third-order valence-electron chi connectivity index (χ3n) is 4.61. The van der Waals surface area contributed by atoms with Gasteiger partial charge in [-0.05, 0) is 18.1 Å². The van der Waals surface area contributed by atoms with Gasteiger partial charge in [0.25, 0.3) is 5.91 Å². The highest BCUT2D eigenvalue weighted by molar-refractivity contribution is 6.07. The van der Waals surface area contributed by atoms with Gasteiger partial charge in [0.05, 0.1) is 5.41 Å². The maximum Gasteiger partial charge on any atom is 0.271 e. The van der Waals surface area contributed by atoms with E-state index in [1.54, 1.807) is 0 Å². The highest BCUT2D eigenvalue weighted by atomic mass is 16.2. The average Bonchev–Trinajstić information content (AvgIpc) is 3.12. The van der Waals surface area contributed by atoms with E-state index in [-0.39, 0.29) is 11.6 Å². The summed E-state index contributed by atoms with van der Waals surface area (Å²) in [4.78, 5) is 34.3. The van der Waals surface area contributed by atoms with E-state index >= 15 is 0 Å². The van der Waals surface area contributed by atoms with Crippen molar-refractivity contribution in [3.63, 3.8) is 0 Å². The summed E-state index contributed by atoms with van der Waals surface area (Å²) >= 11 is 0. The number of aromatic nitrogens is 2. The summed E-state index contributed by atoms with van der Waals surface area (Å²) in [5.41, 5.74) is 6.76. The number of carbonyl (C=O) groups excluding carboxylic acids is 2. The molecule has 0 radical (unpaired) electrons. The Labute approximate surface area is 132 Å². The second kappa shape index (κ2) is 4.77. The Hall–Kier alpha value is -2.96. The van der Waals surface area contributed by atoms with Crippen molar-refractivity contribution in [2.75, 3.05) is 23.3 Å². The summed E-state index contributed by atoms with van der Waals surface area (Å²) < 4.78 is 0. The number of primary amides is 1. The lowest BCUT2D eigenvalue weighted by molar-refractivity contribution is -0.120. The second-order valence-electron chi connectivity index (χ2n) is 5.85. The van der Waals surface area contributed by atoms with Crippen LogP contribution < -0.4 is 16.0 Å². The molecule has 2 aromatic rings. The van der Waals surface area contributed by atoms with Crippen molar-refractivity contribution in [3.8, 4) is 0 Å². The van der Waals surface area contributed by atoms with Crippen molar-refractivity contribution >= 4 is 23.3 Å². The number of amides is 2. The Kier molecular flexibility index (Phi) is 2.84. The molecule has 7 heteroatoms. The van der Waals surface area contributed by atoms with Crippen LogP contribution in [0.25, 0.3) is 0 Å². The highest BCUT2D eigenvalue weighted by Crippen LogP contribution is 2.44. The van der Waals surface area contributed by atoms with Crippen molar-refractivity contribution in [2.45, 2.75) is 11.8 Å². The predicted molar refractivity (Wildman–Crippen MR) is 84.1 cm³/mol. The molecular weight excluding hydrogens is 294 g/mol. The van der Waals surface area contributed by atoms with Gasteiger partial charge in [-0.2, -0.15) is 0 Å². The molecule has 7 nitrogen and oxygen atoms in total. The van der Waals surface area contributed by atoms with E-state index in [9.17, 15) is 9.59 Å². The normalized spacial score (nSPS) is 22.3. The van der Waals surface area contributed by atoms with Crippen molar-refractivity contribution in [2.24, 2.45) is 5.73 Å². The second-order valence-corrected chi connectivity index (χ2v) is 5.85. The first-order chi connectivity index (χ1) is 11.1. The molecular formula is C16H15N5O2. The molecule has 1 saturated heterocycles. The van der Waals surface area contributed by atoms with Crippen molar-refractivity contribution in [1.29, 1.82) is 0 Å². The fourth-order valence-corrected chi connectivity index (χ4v) is 3.51. The fraction of sp³-hybridized carbons (Fsp3) is 0.250. The minimum absolute atomic E-state index is 0.00860. The predicted octanol–water partition coefficient (Wildman–Crippen LogP) is 0.676. The molecule has 1 aromatic heterocycles. The molecule has 1 fully saturated rings. The van der Waals surface area contributed by atoms with E-state index < -0.39 is 11.3 Å². The minimum atomic E-state index is -0.620. The van der Waals surface area contributed by atoms with Gasteiger partial charge >= 0.3 is 0 Å². The van der Waals surface area contributed by atoms with Crippen LogP contribution in [0.3, 0.4) is 0 Å². The summed E-state index contributed by atoms with van der Waals surface area (Å²) in [7, 11) is 0. The Morgan fingerprint density at radius 3 is 2.87 bits per heavy atom. The number of nitrogens with one attached hydrogen (secondary N) is 1. The van der Waals surface area contributed by atoms with Gasteiger partial charge in [0.15, 0.2) is 11.5 Å². The molecule has 116 valence electrons. The zero-order valence-electron chi connectivity index (χ0n) is 12.3. The van der Waals surface area contributed by atoms with E-state index in [4.69, 9.17) is 5.73 Å². The van der Waals surface area contributed by atoms with Gasteiger partial charge in [0.1, 0.15) is 0 Å². The van der Waals surface area contributed by atoms with Gasteiger partial charge < -0.3 is 16.0 Å². The number of rotatable bonds is 2. The molecule has 0 saturated carbocycles. The van der Waals surface area contributed by atoms with E-state index in [1.165, 1.54) is 12.4 Å². The standard InChI is InChI=1S/C16H15N5O2/c17-13(22)12-14(19-7-6-18-12)21-8-5-16(9-21)10-3-1-2-4-11(10)20-15(16)23/h1-4,6-7H,5,8-9H2,(H2,17,22)(H,20,23). The van der Waals surface area contributed by atoms with Crippen molar-refractivity contribution in [1.82, 2.24) is 9.97 Å². The van der Waals surface area contributed by atoms with Gasteiger partial charge in [-0.15, -0.1) is 0 Å². The molecule has 2 amide bonds. The van der Waals surface area contributed by atoms with E-state index in [0.717, 1.165) is 11.3 Å². The van der Waals surface area contributed by atoms with Crippen LogP contribution in [0.5, 0.6) is 0 Å². The number of anilines is 2. The first-order valence-corrected chi connectivity index (χ1v) is 7.38. The first-order valence-electron chi connectivity index (χ1n) is 7.38. The molecule has 4 rings (SSSR count). The summed E-state index contributed by atoms with van der Waals surface area (Å²) in [6, 6.07) is 7.71. The number of para-hydroxylation sites is 1. The SMILES string of the molecule is NC(=O)c1nccnc1N1CCC2(C1)C(=O)Nc1ccccc12. The van der Waals surface area contributed by atoms with Crippen molar-refractivity contribution in [3.05, 3.63) is 47.9 Å². The van der Waals surface area contributed by atoms with Crippen LogP contribution in [-0.4, -0.2) is 34.9 Å². The van der Waals surface area contributed by atoms with Crippen LogP contribution in [-0.2, 0) is 10.2 Å². The largest absolute Gasteiger partial charge is 0.364 e. The molecule has 0 bridgehead atoms. The van der Waals surface area contributed by atoms with Crippen LogP contribution in [0, 0.1) is 0 Å². The Morgan fingerprint density at radius 1 is 1.26 bits per heavy atom. The minimum Gasteiger partial charge on any atom is -0.364 e. The van der Waals surface area contributed by atoms with E-state index in [2.05, 4.69) is 15.3 Å². The van der Waals surface area contributed by atoms with E-state index in [0.29, 0.717) is 25.3 Å². The Balaban J connectivity index is 1.74. The molecule has 23 heavy (non-hydrogen) atoms.